The van der Waals surface area contributed by atoms with E-state index in [1.165, 1.54) is 10.4 Å². The normalized spacial score (nSPS) is 15.8. The highest BCUT2D eigenvalue weighted by molar-refractivity contribution is 7.10. The lowest BCUT2D eigenvalue weighted by atomic mass is 10.0. The third kappa shape index (κ3) is 2.76. The van der Waals surface area contributed by atoms with Crippen molar-refractivity contribution in [2.45, 2.75) is 25.4 Å². The van der Waals surface area contributed by atoms with Crippen LogP contribution in [0.3, 0.4) is 0 Å². The Balaban J connectivity index is 1.64. The second kappa shape index (κ2) is 5.77. The first-order valence-corrected chi connectivity index (χ1v) is 7.75. The molecule has 2 heterocycles. The third-order valence-corrected chi connectivity index (χ3v) is 4.76. The molecule has 0 unspecified atom stereocenters. The molecule has 1 aromatic heterocycles. The van der Waals surface area contributed by atoms with Crippen LogP contribution in [0.15, 0.2) is 41.8 Å². The highest BCUT2D eigenvalue weighted by Crippen LogP contribution is 2.24. The summed E-state index contributed by atoms with van der Waals surface area (Å²) in [4.78, 5) is 15.7. The maximum absolute atomic E-state index is 12.4. The summed E-state index contributed by atoms with van der Waals surface area (Å²) in [5, 5.41) is 2.10. The summed E-state index contributed by atoms with van der Waals surface area (Å²) in [5.41, 5.74) is 8.48. The summed E-state index contributed by atoms with van der Waals surface area (Å²) in [5.74, 6) is 0.0608. The number of nitrogens with zero attached hydrogens (tertiary/aromatic N) is 1. The SMILES string of the molecule is N[C@H](Cc1ccccc1)C(=O)N1CCc2sccc2C1. The summed E-state index contributed by atoms with van der Waals surface area (Å²) < 4.78 is 0. The van der Waals surface area contributed by atoms with E-state index in [0.717, 1.165) is 18.5 Å². The van der Waals surface area contributed by atoms with Gasteiger partial charge in [0.25, 0.3) is 0 Å². The van der Waals surface area contributed by atoms with Crippen LogP contribution >= 0.6 is 11.3 Å². The van der Waals surface area contributed by atoms with Crippen LogP contribution in [0.5, 0.6) is 0 Å². The predicted octanol–water partition coefficient (Wildman–Crippen LogP) is 2.20. The molecule has 20 heavy (non-hydrogen) atoms. The number of carbonyl (C=O) groups is 1. The number of rotatable bonds is 3. The van der Waals surface area contributed by atoms with Gasteiger partial charge in [-0.1, -0.05) is 30.3 Å². The molecule has 0 saturated heterocycles. The van der Waals surface area contributed by atoms with Crippen molar-refractivity contribution in [2.75, 3.05) is 6.54 Å². The largest absolute Gasteiger partial charge is 0.337 e. The van der Waals surface area contributed by atoms with Gasteiger partial charge in [-0.3, -0.25) is 4.79 Å². The fourth-order valence-corrected chi connectivity index (χ4v) is 3.52. The molecule has 0 saturated carbocycles. The number of benzene rings is 1. The van der Waals surface area contributed by atoms with E-state index in [1.807, 2.05) is 35.2 Å². The third-order valence-electron chi connectivity index (χ3n) is 3.73. The van der Waals surface area contributed by atoms with Crippen molar-refractivity contribution in [1.82, 2.24) is 4.90 Å². The second-order valence-electron chi connectivity index (χ2n) is 5.18. The topological polar surface area (TPSA) is 46.3 Å². The minimum atomic E-state index is -0.447. The molecule has 2 N–H and O–H groups in total. The van der Waals surface area contributed by atoms with Gasteiger partial charge in [0.1, 0.15) is 0 Å². The number of amides is 1. The van der Waals surface area contributed by atoms with Gasteiger partial charge in [0.15, 0.2) is 0 Å². The Morgan fingerprint density at radius 3 is 2.90 bits per heavy atom. The lowest BCUT2D eigenvalue weighted by Gasteiger charge is -2.29. The molecule has 104 valence electrons. The average molecular weight is 286 g/mol. The first-order valence-electron chi connectivity index (χ1n) is 6.87. The van der Waals surface area contributed by atoms with Crippen molar-refractivity contribution in [3.63, 3.8) is 0 Å². The fraction of sp³-hybridized carbons (Fsp3) is 0.312. The number of fused-ring (bicyclic) bond motifs is 1. The molecule has 0 spiro atoms. The van der Waals surface area contributed by atoms with Crippen LogP contribution in [0, 0.1) is 0 Å². The molecular weight excluding hydrogens is 268 g/mol. The van der Waals surface area contributed by atoms with Gasteiger partial charge < -0.3 is 10.6 Å². The zero-order valence-corrected chi connectivity index (χ0v) is 12.1. The molecule has 1 aliphatic heterocycles. The zero-order valence-electron chi connectivity index (χ0n) is 11.3. The molecule has 1 atom stereocenters. The van der Waals surface area contributed by atoms with Gasteiger partial charge in [-0.15, -0.1) is 11.3 Å². The zero-order chi connectivity index (χ0) is 13.9. The van der Waals surface area contributed by atoms with E-state index in [4.69, 9.17) is 5.73 Å². The van der Waals surface area contributed by atoms with E-state index < -0.39 is 6.04 Å². The van der Waals surface area contributed by atoms with Crippen molar-refractivity contribution in [3.05, 3.63) is 57.8 Å². The number of nitrogens with two attached hydrogens (primary N) is 1. The van der Waals surface area contributed by atoms with E-state index in [-0.39, 0.29) is 5.91 Å². The Labute approximate surface area is 123 Å². The van der Waals surface area contributed by atoms with Crippen molar-refractivity contribution in [1.29, 1.82) is 0 Å². The highest BCUT2D eigenvalue weighted by atomic mass is 32.1. The standard InChI is InChI=1S/C16H18N2OS/c17-14(10-12-4-2-1-3-5-12)16(19)18-8-6-15-13(11-18)7-9-20-15/h1-5,7,9,14H,6,8,10-11,17H2/t14-/m1/s1. The van der Waals surface area contributed by atoms with E-state index >= 15 is 0 Å². The van der Waals surface area contributed by atoms with Crippen LogP contribution in [-0.4, -0.2) is 23.4 Å². The first-order chi connectivity index (χ1) is 9.74. The van der Waals surface area contributed by atoms with Crippen LogP contribution in [-0.2, 0) is 24.2 Å². The summed E-state index contributed by atoms with van der Waals surface area (Å²) >= 11 is 1.78. The van der Waals surface area contributed by atoms with E-state index in [9.17, 15) is 4.79 Å². The predicted molar refractivity (Wildman–Crippen MR) is 81.6 cm³/mol. The Kier molecular flexibility index (Phi) is 3.85. The monoisotopic (exact) mass is 286 g/mol. The molecule has 0 bridgehead atoms. The fourth-order valence-electron chi connectivity index (χ4n) is 2.63. The Hall–Kier alpha value is -1.65. The summed E-state index contributed by atoms with van der Waals surface area (Å²) in [7, 11) is 0. The van der Waals surface area contributed by atoms with Crippen LogP contribution in [0.4, 0.5) is 0 Å². The molecule has 3 rings (SSSR count). The molecule has 1 amide bonds. The molecule has 3 nitrogen and oxygen atoms in total. The Bertz CT molecular complexity index is 594. The van der Waals surface area contributed by atoms with E-state index in [1.54, 1.807) is 11.3 Å². The molecule has 2 aromatic rings. The Morgan fingerprint density at radius 1 is 1.30 bits per heavy atom. The molecule has 4 heteroatoms. The lowest BCUT2D eigenvalue weighted by Crippen LogP contribution is -2.46. The maximum Gasteiger partial charge on any atom is 0.240 e. The minimum absolute atomic E-state index is 0.0608. The smallest absolute Gasteiger partial charge is 0.240 e. The molecule has 1 aliphatic rings. The number of carbonyl (C=O) groups excluding carboxylic acids is 1. The van der Waals surface area contributed by atoms with Crippen LogP contribution in [0.1, 0.15) is 16.0 Å². The molecule has 1 aromatic carbocycles. The van der Waals surface area contributed by atoms with Crippen LogP contribution in [0.2, 0.25) is 0 Å². The molecule has 0 aliphatic carbocycles. The molecule has 0 fully saturated rings. The summed E-state index contributed by atoms with van der Waals surface area (Å²) in [6.07, 6.45) is 1.56. The number of hydrogen-bond donors (Lipinski definition) is 1. The van der Waals surface area contributed by atoms with Gasteiger partial charge >= 0.3 is 0 Å². The quantitative estimate of drug-likeness (QED) is 0.940. The van der Waals surface area contributed by atoms with Crippen LogP contribution < -0.4 is 5.73 Å². The van der Waals surface area contributed by atoms with Gasteiger partial charge in [-0.25, -0.2) is 0 Å². The van der Waals surface area contributed by atoms with E-state index in [2.05, 4.69) is 11.4 Å². The van der Waals surface area contributed by atoms with Gasteiger partial charge in [0.05, 0.1) is 6.04 Å². The number of thiophene rings is 1. The van der Waals surface area contributed by atoms with Crippen molar-refractivity contribution in [3.8, 4) is 0 Å². The van der Waals surface area contributed by atoms with Crippen molar-refractivity contribution in [2.24, 2.45) is 5.73 Å². The molecular formula is C16H18N2OS. The second-order valence-corrected chi connectivity index (χ2v) is 6.18. The molecule has 0 radical (unpaired) electrons. The van der Waals surface area contributed by atoms with Gasteiger partial charge in [-0.05, 0) is 35.4 Å². The first kappa shape index (κ1) is 13.3. The van der Waals surface area contributed by atoms with Gasteiger partial charge in [-0.2, -0.15) is 0 Å². The Morgan fingerprint density at radius 2 is 2.10 bits per heavy atom. The lowest BCUT2D eigenvalue weighted by molar-refractivity contribution is -0.133. The maximum atomic E-state index is 12.4. The average Bonchev–Trinajstić information content (AvgIpc) is 2.94. The number of hydrogen-bond acceptors (Lipinski definition) is 3. The minimum Gasteiger partial charge on any atom is -0.337 e. The van der Waals surface area contributed by atoms with Crippen LogP contribution in [0.25, 0.3) is 0 Å². The highest BCUT2D eigenvalue weighted by Gasteiger charge is 2.25. The van der Waals surface area contributed by atoms with Gasteiger partial charge in [0, 0.05) is 18.0 Å². The van der Waals surface area contributed by atoms with Crippen molar-refractivity contribution < 1.29 is 4.79 Å². The summed E-state index contributed by atoms with van der Waals surface area (Å²) in [6.45, 7) is 1.50. The van der Waals surface area contributed by atoms with Gasteiger partial charge in [0.2, 0.25) is 5.91 Å². The van der Waals surface area contributed by atoms with Crippen molar-refractivity contribution >= 4 is 17.2 Å². The summed E-state index contributed by atoms with van der Waals surface area (Å²) in [6, 6.07) is 11.6. The van der Waals surface area contributed by atoms with E-state index in [0.29, 0.717) is 13.0 Å².